The lowest BCUT2D eigenvalue weighted by atomic mass is 9.94. The first-order valence-corrected chi connectivity index (χ1v) is 11.7. The Hall–Kier alpha value is -1.83. The maximum Gasteiger partial charge on any atom is 0.191 e. The van der Waals surface area contributed by atoms with Crippen LogP contribution in [-0.4, -0.2) is 76.6 Å². The quantitative estimate of drug-likeness (QED) is 0.462. The normalized spacial score (nSPS) is 20.8. The SMILES string of the molecule is CCNC(=NCC1(OC)CCOCC1)NCC(c1ccc(OC)cc1)N1CCCCC1. The molecule has 1 aromatic carbocycles. The lowest BCUT2D eigenvalue weighted by molar-refractivity contribution is -0.0828. The molecule has 0 bridgehead atoms. The number of hydrogen-bond acceptors (Lipinski definition) is 5. The van der Waals surface area contributed by atoms with Crippen molar-refractivity contribution in [3.05, 3.63) is 29.8 Å². The molecule has 1 atom stereocenters. The number of guanidine groups is 1. The Labute approximate surface area is 187 Å². The summed E-state index contributed by atoms with van der Waals surface area (Å²) in [5.74, 6) is 1.74. The van der Waals surface area contributed by atoms with Crippen LogP contribution < -0.4 is 15.4 Å². The van der Waals surface area contributed by atoms with E-state index in [1.54, 1.807) is 14.2 Å². The van der Waals surface area contributed by atoms with Gasteiger partial charge in [-0.2, -0.15) is 0 Å². The third-order valence-electron chi connectivity index (χ3n) is 6.50. The van der Waals surface area contributed by atoms with Crippen LogP contribution in [0.1, 0.15) is 50.6 Å². The van der Waals surface area contributed by atoms with Gasteiger partial charge in [-0.25, -0.2) is 0 Å². The van der Waals surface area contributed by atoms with Crippen molar-refractivity contribution in [1.29, 1.82) is 0 Å². The van der Waals surface area contributed by atoms with Crippen LogP contribution in [0, 0.1) is 0 Å². The molecule has 1 unspecified atom stereocenters. The van der Waals surface area contributed by atoms with Gasteiger partial charge in [0, 0.05) is 46.3 Å². The highest BCUT2D eigenvalue weighted by Crippen LogP contribution is 2.26. The molecule has 2 aliphatic heterocycles. The van der Waals surface area contributed by atoms with Gasteiger partial charge in [-0.3, -0.25) is 9.89 Å². The minimum Gasteiger partial charge on any atom is -0.497 e. The predicted octanol–water partition coefficient (Wildman–Crippen LogP) is 2.97. The second-order valence-corrected chi connectivity index (χ2v) is 8.46. The summed E-state index contributed by atoms with van der Waals surface area (Å²) in [5.41, 5.74) is 1.09. The van der Waals surface area contributed by atoms with Gasteiger partial charge in [0.2, 0.25) is 0 Å². The van der Waals surface area contributed by atoms with E-state index in [-0.39, 0.29) is 5.60 Å². The maximum atomic E-state index is 5.86. The Morgan fingerprint density at radius 3 is 2.42 bits per heavy atom. The van der Waals surface area contributed by atoms with Crippen LogP contribution in [0.2, 0.25) is 0 Å². The molecule has 3 rings (SSSR count). The van der Waals surface area contributed by atoms with E-state index in [1.165, 1.54) is 24.8 Å². The molecule has 0 aliphatic carbocycles. The molecule has 174 valence electrons. The monoisotopic (exact) mass is 432 g/mol. The number of nitrogens with one attached hydrogen (secondary N) is 2. The molecule has 7 nitrogen and oxygen atoms in total. The molecule has 1 aromatic rings. The summed E-state index contributed by atoms with van der Waals surface area (Å²) in [6, 6.07) is 8.78. The molecule has 2 saturated heterocycles. The summed E-state index contributed by atoms with van der Waals surface area (Å²) in [6.07, 6.45) is 5.62. The average molecular weight is 433 g/mol. The summed E-state index contributed by atoms with van der Waals surface area (Å²) in [5, 5.41) is 7.01. The third-order valence-corrected chi connectivity index (χ3v) is 6.50. The lowest BCUT2D eigenvalue weighted by Gasteiger charge is -2.36. The fourth-order valence-corrected chi connectivity index (χ4v) is 4.44. The molecule has 0 amide bonds. The second kappa shape index (κ2) is 12.3. The molecule has 31 heavy (non-hydrogen) atoms. The predicted molar refractivity (Wildman–Crippen MR) is 125 cm³/mol. The van der Waals surface area contributed by atoms with Gasteiger partial charge in [0.05, 0.1) is 25.3 Å². The van der Waals surface area contributed by atoms with Crippen molar-refractivity contribution in [3.8, 4) is 5.75 Å². The molecule has 7 heteroatoms. The first-order valence-electron chi connectivity index (χ1n) is 11.7. The number of aliphatic imine (C=N–C) groups is 1. The minimum atomic E-state index is -0.219. The smallest absolute Gasteiger partial charge is 0.191 e. The third kappa shape index (κ3) is 6.82. The van der Waals surface area contributed by atoms with Crippen LogP contribution in [0.3, 0.4) is 0 Å². The Morgan fingerprint density at radius 2 is 1.81 bits per heavy atom. The molecule has 2 N–H and O–H groups in total. The van der Waals surface area contributed by atoms with E-state index in [2.05, 4.69) is 46.7 Å². The standard InChI is InChI=1S/C24H40N4O3/c1-4-25-23(27-19-24(30-3)12-16-31-17-13-24)26-18-22(28-14-6-5-7-15-28)20-8-10-21(29-2)11-9-20/h8-11,22H,4-7,12-19H2,1-3H3,(H2,25,26,27). The zero-order valence-electron chi connectivity index (χ0n) is 19.5. The van der Waals surface area contributed by atoms with Crippen molar-refractivity contribution in [3.63, 3.8) is 0 Å². The number of ether oxygens (including phenoxy) is 3. The fourth-order valence-electron chi connectivity index (χ4n) is 4.44. The average Bonchev–Trinajstić information content (AvgIpc) is 2.84. The maximum absolute atomic E-state index is 5.86. The van der Waals surface area contributed by atoms with Crippen molar-refractivity contribution >= 4 is 5.96 Å². The van der Waals surface area contributed by atoms with E-state index in [1.807, 2.05) is 0 Å². The number of likely N-dealkylation sites (tertiary alicyclic amines) is 1. The highest BCUT2D eigenvalue weighted by Gasteiger charge is 2.32. The van der Waals surface area contributed by atoms with E-state index in [4.69, 9.17) is 19.2 Å². The molecular weight excluding hydrogens is 392 g/mol. The van der Waals surface area contributed by atoms with E-state index in [9.17, 15) is 0 Å². The van der Waals surface area contributed by atoms with Crippen LogP contribution in [0.5, 0.6) is 5.75 Å². The van der Waals surface area contributed by atoms with Crippen LogP contribution >= 0.6 is 0 Å². The summed E-state index contributed by atoms with van der Waals surface area (Å²) in [7, 11) is 3.50. The molecule has 0 radical (unpaired) electrons. The summed E-state index contributed by atoms with van der Waals surface area (Å²) in [4.78, 5) is 7.49. The topological polar surface area (TPSA) is 67.4 Å². The second-order valence-electron chi connectivity index (χ2n) is 8.46. The summed E-state index contributed by atoms with van der Waals surface area (Å²) < 4.78 is 16.7. The lowest BCUT2D eigenvalue weighted by Crippen LogP contribution is -2.46. The van der Waals surface area contributed by atoms with Crippen LogP contribution in [0.25, 0.3) is 0 Å². The van der Waals surface area contributed by atoms with Crippen molar-refractivity contribution in [2.75, 3.05) is 60.2 Å². The van der Waals surface area contributed by atoms with Gasteiger partial charge < -0.3 is 24.8 Å². The Balaban J connectivity index is 1.70. The van der Waals surface area contributed by atoms with Crippen molar-refractivity contribution < 1.29 is 14.2 Å². The fraction of sp³-hybridized carbons (Fsp3) is 0.708. The van der Waals surface area contributed by atoms with Gasteiger partial charge in [0.15, 0.2) is 5.96 Å². The molecule has 0 aromatic heterocycles. The molecule has 2 aliphatic rings. The van der Waals surface area contributed by atoms with Gasteiger partial charge in [-0.1, -0.05) is 18.6 Å². The Morgan fingerprint density at radius 1 is 1.10 bits per heavy atom. The highest BCUT2D eigenvalue weighted by atomic mass is 16.5. The molecule has 2 heterocycles. The van der Waals surface area contributed by atoms with Crippen LogP contribution in [-0.2, 0) is 9.47 Å². The van der Waals surface area contributed by atoms with E-state index in [0.29, 0.717) is 12.6 Å². The first-order chi connectivity index (χ1) is 15.2. The Kier molecular flexibility index (Phi) is 9.43. The van der Waals surface area contributed by atoms with Gasteiger partial charge in [0.1, 0.15) is 5.75 Å². The highest BCUT2D eigenvalue weighted by molar-refractivity contribution is 5.79. The van der Waals surface area contributed by atoms with Crippen molar-refractivity contribution in [2.45, 2.75) is 50.7 Å². The van der Waals surface area contributed by atoms with Gasteiger partial charge in [-0.05, 0) is 50.6 Å². The zero-order chi connectivity index (χ0) is 21.9. The summed E-state index contributed by atoms with van der Waals surface area (Å²) in [6.45, 7) is 8.12. The molecule has 2 fully saturated rings. The number of benzene rings is 1. The van der Waals surface area contributed by atoms with Gasteiger partial charge in [-0.15, -0.1) is 0 Å². The number of piperidine rings is 1. The van der Waals surface area contributed by atoms with Gasteiger partial charge >= 0.3 is 0 Å². The number of hydrogen-bond donors (Lipinski definition) is 2. The largest absolute Gasteiger partial charge is 0.497 e. The van der Waals surface area contributed by atoms with Crippen LogP contribution in [0.4, 0.5) is 0 Å². The summed E-state index contributed by atoms with van der Waals surface area (Å²) >= 11 is 0. The van der Waals surface area contributed by atoms with E-state index >= 15 is 0 Å². The van der Waals surface area contributed by atoms with E-state index < -0.39 is 0 Å². The van der Waals surface area contributed by atoms with E-state index in [0.717, 1.165) is 63.9 Å². The Bertz CT molecular complexity index is 668. The van der Waals surface area contributed by atoms with Crippen LogP contribution in [0.15, 0.2) is 29.3 Å². The molecule has 0 saturated carbocycles. The van der Waals surface area contributed by atoms with Crippen molar-refractivity contribution in [2.24, 2.45) is 4.99 Å². The molecule has 0 spiro atoms. The molecular formula is C24H40N4O3. The van der Waals surface area contributed by atoms with Crippen molar-refractivity contribution in [1.82, 2.24) is 15.5 Å². The number of nitrogens with zero attached hydrogens (tertiary/aromatic N) is 2. The minimum absolute atomic E-state index is 0.219. The number of methoxy groups -OCH3 is 2. The van der Waals surface area contributed by atoms with Gasteiger partial charge in [0.25, 0.3) is 0 Å². The first kappa shape index (κ1) is 23.8. The number of rotatable bonds is 9. The zero-order valence-corrected chi connectivity index (χ0v) is 19.5.